The maximum absolute atomic E-state index is 13.3. The van der Waals surface area contributed by atoms with E-state index in [1.165, 1.54) is 6.08 Å². The molecule has 2 rings (SSSR count). The minimum Gasteiger partial charge on any atom is -0.427 e. The number of hydrogen-bond acceptors (Lipinski definition) is 6. The predicted octanol–water partition coefficient (Wildman–Crippen LogP) is 5.05. The number of ether oxygens (including phenoxy) is 2. The quantitative estimate of drug-likeness (QED) is 0.222. The molecule has 0 bridgehead atoms. The zero-order valence-electron chi connectivity index (χ0n) is 20.7. The molecule has 1 aliphatic rings. The summed E-state index contributed by atoms with van der Waals surface area (Å²) in [5, 5.41) is 0. The molecule has 2 atom stereocenters. The third-order valence-corrected chi connectivity index (χ3v) is 7.28. The fourth-order valence-corrected chi connectivity index (χ4v) is 5.43. The van der Waals surface area contributed by atoms with E-state index in [1.54, 1.807) is 33.1 Å². The van der Waals surface area contributed by atoms with E-state index in [1.807, 2.05) is 26.0 Å². The van der Waals surface area contributed by atoms with Crippen LogP contribution < -0.4 is 9.64 Å². The van der Waals surface area contributed by atoms with E-state index in [9.17, 15) is 14.4 Å². The fourth-order valence-electron chi connectivity index (χ4n) is 5.02. The molecular weight excluding hydrogens is 477 g/mol. The van der Waals surface area contributed by atoms with Gasteiger partial charge in [0.15, 0.2) is 11.6 Å². The highest BCUT2D eigenvalue weighted by Gasteiger charge is 2.57. The lowest BCUT2D eigenvalue weighted by molar-refractivity contribution is -0.153. The molecule has 0 amide bonds. The Balaban J connectivity index is 2.22. The molecule has 1 aromatic carbocycles. The molecule has 188 valence electrons. The number of allylic oxidation sites excluding steroid dienone is 2. The lowest BCUT2D eigenvalue weighted by Gasteiger charge is -2.49. The largest absolute Gasteiger partial charge is 0.427 e. The Morgan fingerprint density at radius 1 is 1.12 bits per heavy atom. The van der Waals surface area contributed by atoms with Crippen molar-refractivity contribution < 1.29 is 23.9 Å². The number of Topliss-reactive ketones (excluding diaryl/α,β-unsaturated/α-hetero) is 1. The lowest BCUT2D eigenvalue weighted by atomic mass is 9.51. The van der Waals surface area contributed by atoms with Gasteiger partial charge in [-0.15, -0.1) is 23.2 Å². The first kappa shape index (κ1) is 28.3. The number of benzene rings is 1. The van der Waals surface area contributed by atoms with Gasteiger partial charge >= 0.3 is 5.97 Å². The van der Waals surface area contributed by atoms with Gasteiger partial charge in [0.05, 0.1) is 11.8 Å². The highest BCUT2D eigenvalue weighted by Crippen LogP contribution is 2.53. The Morgan fingerprint density at radius 3 is 2.24 bits per heavy atom. The molecule has 0 heterocycles. The first-order chi connectivity index (χ1) is 16.0. The molecule has 0 aromatic heterocycles. The molecule has 2 unspecified atom stereocenters. The van der Waals surface area contributed by atoms with Crippen LogP contribution in [-0.2, 0) is 19.1 Å². The van der Waals surface area contributed by atoms with Crippen LogP contribution in [0.4, 0.5) is 5.69 Å². The van der Waals surface area contributed by atoms with Crippen molar-refractivity contribution in [1.29, 1.82) is 0 Å². The molecule has 1 aromatic rings. The predicted molar refractivity (Wildman–Crippen MR) is 136 cm³/mol. The smallest absolute Gasteiger partial charge is 0.311 e. The van der Waals surface area contributed by atoms with E-state index >= 15 is 0 Å². The van der Waals surface area contributed by atoms with E-state index in [0.717, 1.165) is 5.69 Å². The molecule has 6 nitrogen and oxygen atoms in total. The summed E-state index contributed by atoms with van der Waals surface area (Å²) in [5.41, 5.74) is -0.529. The highest BCUT2D eigenvalue weighted by molar-refractivity contribution is 6.18. The lowest BCUT2D eigenvalue weighted by Crippen LogP contribution is -2.54. The van der Waals surface area contributed by atoms with Crippen molar-refractivity contribution in [2.45, 2.75) is 40.5 Å². The number of ketones is 2. The van der Waals surface area contributed by atoms with E-state index in [0.29, 0.717) is 49.2 Å². The molecule has 0 fully saturated rings. The monoisotopic (exact) mass is 511 g/mol. The second kappa shape index (κ2) is 12.2. The van der Waals surface area contributed by atoms with Gasteiger partial charge in [0.25, 0.3) is 0 Å². The minimum atomic E-state index is -1.06. The van der Waals surface area contributed by atoms with Crippen LogP contribution in [0.5, 0.6) is 5.75 Å². The molecule has 0 N–H and O–H groups in total. The van der Waals surface area contributed by atoms with Crippen LogP contribution in [0, 0.1) is 16.7 Å². The number of rotatable bonds is 12. The Labute approximate surface area is 212 Å². The van der Waals surface area contributed by atoms with Gasteiger partial charge in [-0.2, -0.15) is 0 Å². The van der Waals surface area contributed by atoms with Crippen molar-refractivity contribution in [2.75, 3.05) is 43.5 Å². The molecule has 0 saturated carbocycles. The second-order valence-corrected chi connectivity index (χ2v) is 10.1. The third-order valence-electron chi connectivity index (χ3n) is 6.95. The van der Waals surface area contributed by atoms with Gasteiger partial charge in [-0.05, 0) is 54.7 Å². The van der Waals surface area contributed by atoms with Crippen LogP contribution in [0.25, 0.3) is 0 Å². The van der Waals surface area contributed by atoms with Crippen LogP contribution in [0.3, 0.4) is 0 Å². The van der Waals surface area contributed by atoms with Gasteiger partial charge in [0.1, 0.15) is 5.75 Å². The Hall–Kier alpha value is -1.89. The van der Waals surface area contributed by atoms with E-state index in [4.69, 9.17) is 32.7 Å². The number of carbonyl (C=O) groups excluding carboxylic acids is 3. The van der Waals surface area contributed by atoms with Crippen molar-refractivity contribution in [2.24, 2.45) is 16.7 Å². The molecule has 34 heavy (non-hydrogen) atoms. The number of methoxy groups -OCH3 is 1. The van der Waals surface area contributed by atoms with Crippen molar-refractivity contribution in [3.63, 3.8) is 0 Å². The molecule has 1 aliphatic carbocycles. The van der Waals surface area contributed by atoms with Gasteiger partial charge < -0.3 is 14.4 Å². The third kappa shape index (κ3) is 6.02. The van der Waals surface area contributed by atoms with Crippen LogP contribution in [0.15, 0.2) is 35.9 Å². The van der Waals surface area contributed by atoms with Crippen molar-refractivity contribution in [3.05, 3.63) is 35.9 Å². The number of alkyl halides is 2. The summed E-state index contributed by atoms with van der Waals surface area (Å²) in [6.07, 6.45) is 1.72. The topological polar surface area (TPSA) is 72.9 Å². The Kier molecular flexibility index (Phi) is 10.2. The molecular formula is C26H35Cl2NO5. The number of anilines is 1. The zero-order valence-corrected chi connectivity index (χ0v) is 22.2. The second-order valence-electron chi connectivity index (χ2n) is 9.39. The van der Waals surface area contributed by atoms with Crippen LogP contribution in [-0.4, -0.2) is 56.1 Å². The summed E-state index contributed by atoms with van der Waals surface area (Å²) in [6, 6.07) is 7.15. The Morgan fingerprint density at radius 2 is 1.71 bits per heavy atom. The first-order valence-electron chi connectivity index (χ1n) is 11.5. The number of carbonyl (C=O) groups is 3. The number of nitrogens with zero attached hydrogens (tertiary/aromatic N) is 1. The maximum atomic E-state index is 13.3. The molecule has 0 spiro atoms. The van der Waals surface area contributed by atoms with Crippen LogP contribution >= 0.6 is 23.2 Å². The van der Waals surface area contributed by atoms with Crippen LogP contribution in [0.1, 0.15) is 40.5 Å². The minimum absolute atomic E-state index is 0.0284. The Bertz CT molecular complexity index is 906. The van der Waals surface area contributed by atoms with Crippen molar-refractivity contribution in [3.8, 4) is 5.75 Å². The van der Waals surface area contributed by atoms with E-state index in [2.05, 4.69) is 4.90 Å². The summed E-state index contributed by atoms with van der Waals surface area (Å²) in [7, 11) is 1.56. The molecule has 0 aliphatic heterocycles. The summed E-state index contributed by atoms with van der Waals surface area (Å²) in [5.74, 6) is 0.0935. The van der Waals surface area contributed by atoms with Gasteiger partial charge in [-0.1, -0.05) is 20.8 Å². The summed E-state index contributed by atoms with van der Waals surface area (Å²) < 4.78 is 10.9. The fraction of sp³-hybridized carbons (Fsp3) is 0.577. The summed E-state index contributed by atoms with van der Waals surface area (Å²) >= 11 is 11.8. The van der Waals surface area contributed by atoms with Gasteiger partial charge in [-0.3, -0.25) is 14.4 Å². The molecule has 8 heteroatoms. The van der Waals surface area contributed by atoms with E-state index in [-0.39, 0.29) is 18.0 Å². The van der Waals surface area contributed by atoms with Gasteiger partial charge in [-0.25, -0.2) is 0 Å². The van der Waals surface area contributed by atoms with Gasteiger partial charge in [0.2, 0.25) is 0 Å². The van der Waals surface area contributed by atoms with Gasteiger partial charge in [0, 0.05) is 50.2 Å². The average molecular weight is 512 g/mol. The van der Waals surface area contributed by atoms with E-state index < -0.39 is 22.7 Å². The molecule has 0 radical (unpaired) electrons. The summed E-state index contributed by atoms with van der Waals surface area (Å²) in [6.45, 7) is 8.74. The summed E-state index contributed by atoms with van der Waals surface area (Å²) in [4.78, 5) is 41.2. The van der Waals surface area contributed by atoms with Crippen LogP contribution in [0.2, 0.25) is 0 Å². The number of hydrogen-bond donors (Lipinski definition) is 0. The number of esters is 1. The molecule has 0 saturated heterocycles. The van der Waals surface area contributed by atoms with Crippen molar-refractivity contribution >= 4 is 46.4 Å². The zero-order chi connectivity index (χ0) is 25.5. The first-order valence-corrected chi connectivity index (χ1v) is 12.5. The SMILES string of the molecule is COCCC1(C(C)(C)CC(=O)Oc2ccc(N(CCCl)CCCl)cc2)C(=O)C=C(C)C(=O)C1C. The normalized spacial score (nSPS) is 20.8. The van der Waals surface area contributed by atoms with Crippen molar-refractivity contribution in [1.82, 2.24) is 0 Å². The average Bonchev–Trinajstić information content (AvgIpc) is 2.77. The number of halogens is 2. The maximum Gasteiger partial charge on any atom is 0.311 e. The highest BCUT2D eigenvalue weighted by atomic mass is 35.5. The standard InChI is InChI=1S/C26H35Cl2NO5/c1-18-16-22(30)26(10-15-33-5,19(2)24(18)32)25(3,4)17-23(31)34-21-8-6-20(7-9-21)29(13-11-27)14-12-28/h6-9,16,19H,10-15,17H2,1-5H3.